The summed E-state index contributed by atoms with van der Waals surface area (Å²) in [5, 5.41) is 16.7. The van der Waals surface area contributed by atoms with Crippen LogP contribution in [0.25, 0.3) is 32.9 Å². The standard InChI is InChI=1S/C40H38Cl2F3N5O5/c1-19-13-25(14-20(2)34(19)42)54-12-8-9-27-28-10-11-29(41)33(32-22(4)46-48(7)23(32)5)36(28)50-21(3)18-49(38(51)37(27)50)30-17-26(55-40(43,44)45)15-24-16-31(39(52)53)47(6)35(24)30/h10-11,13-17,21H,8-9,12,18H2,1-7H3,(H,52,53). The van der Waals surface area contributed by atoms with Gasteiger partial charge in [-0.15, -0.1) is 13.2 Å². The van der Waals surface area contributed by atoms with Crippen molar-refractivity contribution < 1.29 is 37.3 Å². The predicted octanol–water partition coefficient (Wildman–Crippen LogP) is 9.90. The summed E-state index contributed by atoms with van der Waals surface area (Å²) >= 11 is 13.4. The first kappa shape index (κ1) is 38.1. The minimum Gasteiger partial charge on any atom is -0.494 e. The van der Waals surface area contributed by atoms with Crippen molar-refractivity contribution in [2.75, 3.05) is 18.1 Å². The number of halogens is 5. The molecule has 4 heterocycles. The third kappa shape index (κ3) is 6.56. The second kappa shape index (κ2) is 13.9. The van der Waals surface area contributed by atoms with E-state index < -0.39 is 30.0 Å². The summed E-state index contributed by atoms with van der Waals surface area (Å²) in [4.78, 5) is 28.7. The Morgan fingerprint density at radius 2 is 1.67 bits per heavy atom. The smallest absolute Gasteiger partial charge is 0.494 e. The summed E-state index contributed by atoms with van der Waals surface area (Å²) in [7, 11) is 3.35. The Morgan fingerprint density at radius 1 is 0.982 bits per heavy atom. The third-order valence-corrected chi connectivity index (χ3v) is 11.3. The molecule has 6 aromatic rings. The number of carboxylic acids is 1. The van der Waals surface area contributed by atoms with Gasteiger partial charge in [-0.3, -0.25) is 9.48 Å². The van der Waals surface area contributed by atoms with E-state index >= 15 is 4.79 Å². The minimum absolute atomic E-state index is 0.0442. The maximum atomic E-state index is 15.1. The quantitative estimate of drug-likeness (QED) is 0.146. The van der Waals surface area contributed by atoms with Crippen molar-refractivity contribution in [2.24, 2.45) is 14.1 Å². The Kier molecular flexibility index (Phi) is 9.61. The van der Waals surface area contributed by atoms with E-state index in [9.17, 15) is 23.1 Å². The lowest BCUT2D eigenvalue weighted by molar-refractivity contribution is -0.274. The predicted molar refractivity (Wildman–Crippen MR) is 206 cm³/mol. The van der Waals surface area contributed by atoms with Crippen molar-refractivity contribution in [1.82, 2.24) is 18.9 Å². The summed E-state index contributed by atoms with van der Waals surface area (Å²) in [6.45, 7) is 9.96. The van der Waals surface area contributed by atoms with E-state index in [0.29, 0.717) is 40.9 Å². The Morgan fingerprint density at radius 3 is 2.29 bits per heavy atom. The minimum atomic E-state index is -5.03. The lowest BCUT2D eigenvalue weighted by atomic mass is 9.98. The molecule has 1 aliphatic heterocycles. The molecule has 15 heteroatoms. The number of carbonyl (C=O) groups is 2. The van der Waals surface area contributed by atoms with Crippen LogP contribution in [-0.4, -0.2) is 55.4 Å². The molecular formula is C40H38Cl2F3N5O5. The van der Waals surface area contributed by atoms with Crippen molar-refractivity contribution in [3.8, 4) is 22.6 Å². The Hall–Kier alpha value is -5.14. The topological polar surface area (TPSA) is 104 Å². The van der Waals surface area contributed by atoms with Crippen LogP contribution in [0.5, 0.6) is 11.5 Å². The molecule has 0 spiro atoms. The van der Waals surface area contributed by atoms with Gasteiger partial charge in [-0.2, -0.15) is 5.10 Å². The highest BCUT2D eigenvalue weighted by Gasteiger charge is 2.39. The van der Waals surface area contributed by atoms with Gasteiger partial charge in [-0.1, -0.05) is 29.3 Å². The molecule has 3 aromatic carbocycles. The molecule has 1 N–H and O–H groups in total. The highest BCUT2D eigenvalue weighted by Crippen LogP contribution is 2.46. The number of benzene rings is 3. The van der Waals surface area contributed by atoms with Crippen LogP contribution in [0.2, 0.25) is 10.0 Å². The van der Waals surface area contributed by atoms with Crippen LogP contribution in [-0.2, 0) is 20.5 Å². The molecule has 10 nitrogen and oxygen atoms in total. The number of hydrogen-bond acceptors (Lipinski definition) is 5. The molecule has 0 saturated carbocycles. The highest BCUT2D eigenvalue weighted by atomic mass is 35.5. The normalized spacial score (nSPS) is 14.7. The summed E-state index contributed by atoms with van der Waals surface area (Å²) < 4.78 is 56.3. The van der Waals surface area contributed by atoms with E-state index in [1.807, 2.05) is 70.5 Å². The van der Waals surface area contributed by atoms with E-state index in [1.54, 1.807) is 4.68 Å². The fraction of sp³-hybridized carbons (Fsp3) is 0.325. The highest BCUT2D eigenvalue weighted by molar-refractivity contribution is 6.35. The van der Waals surface area contributed by atoms with Gasteiger partial charge < -0.3 is 28.6 Å². The number of aryl methyl sites for hydroxylation is 6. The molecule has 1 amide bonds. The number of carboxylic acid groups (broad SMARTS) is 1. The van der Waals surface area contributed by atoms with E-state index in [0.717, 1.165) is 62.2 Å². The number of rotatable bonds is 9. The van der Waals surface area contributed by atoms with Crippen molar-refractivity contribution in [3.63, 3.8) is 0 Å². The number of amides is 1. The zero-order valence-electron chi connectivity index (χ0n) is 31.2. The molecule has 0 aliphatic carbocycles. The van der Waals surface area contributed by atoms with Gasteiger partial charge in [0.2, 0.25) is 0 Å². The van der Waals surface area contributed by atoms with Gasteiger partial charge in [0.15, 0.2) is 0 Å². The molecule has 0 radical (unpaired) electrons. The Labute approximate surface area is 324 Å². The monoisotopic (exact) mass is 795 g/mol. The first-order valence-electron chi connectivity index (χ1n) is 17.6. The number of ether oxygens (including phenoxy) is 2. The largest absolute Gasteiger partial charge is 0.573 e. The summed E-state index contributed by atoms with van der Waals surface area (Å²) in [6, 6.07) is 10.6. The van der Waals surface area contributed by atoms with Crippen molar-refractivity contribution in [1.29, 1.82) is 0 Å². The lowest BCUT2D eigenvalue weighted by Crippen LogP contribution is -2.43. The molecule has 1 aliphatic rings. The van der Waals surface area contributed by atoms with Crippen LogP contribution in [0.15, 0.2) is 42.5 Å². The number of hydrogen-bond donors (Lipinski definition) is 1. The number of aromatic nitrogens is 4. The van der Waals surface area contributed by atoms with E-state index in [1.165, 1.54) is 22.6 Å². The molecule has 7 rings (SSSR count). The first-order chi connectivity index (χ1) is 25.9. The lowest BCUT2D eigenvalue weighted by Gasteiger charge is -2.35. The molecule has 0 fully saturated rings. The number of aromatic carboxylic acids is 1. The van der Waals surface area contributed by atoms with Gasteiger partial charge in [-0.05, 0) is 94.5 Å². The number of carbonyl (C=O) groups excluding carboxylic acids is 1. The van der Waals surface area contributed by atoms with Crippen LogP contribution >= 0.6 is 23.2 Å². The van der Waals surface area contributed by atoms with Gasteiger partial charge >= 0.3 is 12.3 Å². The van der Waals surface area contributed by atoms with Gasteiger partial charge in [0.1, 0.15) is 22.9 Å². The van der Waals surface area contributed by atoms with Crippen LogP contribution in [0.1, 0.15) is 68.4 Å². The molecule has 1 atom stereocenters. The summed E-state index contributed by atoms with van der Waals surface area (Å²) in [5.41, 5.74) is 6.98. The molecule has 1 unspecified atom stereocenters. The van der Waals surface area contributed by atoms with Crippen molar-refractivity contribution in [2.45, 2.75) is 59.9 Å². The van der Waals surface area contributed by atoms with Gasteiger partial charge in [0.05, 0.1) is 34.0 Å². The Balaban J connectivity index is 1.41. The van der Waals surface area contributed by atoms with Crippen LogP contribution in [0.4, 0.5) is 18.9 Å². The van der Waals surface area contributed by atoms with Crippen LogP contribution in [0, 0.1) is 27.7 Å². The summed E-state index contributed by atoms with van der Waals surface area (Å²) in [6.07, 6.45) is -4.11. The zero-order chi connectivity index (χ0) is 39.8. The number of fused-ring (bicyclic) bond motifs is 4. The average Bonchev–Trinajstić information content (AvgIpc) is 3.70. The van der Waals surface area contributed by atoms with E-state index in [-0.39, 0.29) is 28.8 Å². The second-order valence-electron chi connectivity index (χ2n) is 14.1. The maximum absolute atomic E-state index is 15.1. The maximum Gasteiger partial charge on any atom is 0.573 e. The molecule has 288 valence electrons. The molecule has 0 bridgehead atoms. The van der Waals surface area contributed by atoms with Gasteiger partial charge in [-0.25, -0.2) is 4.79 Å². The molecular weight excluding hydrogens is 758 g/mol. The number of anilines is 1. The number of nitrogens with zero attached hydrogens (tertiary/aromatic N) is 5. The van der Waals surface area contributed by atoms with Crippen molar-refractivity contribution in [3.05, 3.63) is 92.0 Å². The molecule has 3 aromatic heterocycles. The molecule has 0 saturated heterocycles. The van der Waals surface area contributed by atoms with Crippen molar-refractivity contribution >= 4 is 62.6 Å². The van der Waals surface area contributed by atoms with Gasteiger partial charge in [0, 0.05) is 65.4 Å². The van der Waals surface area contributed by atoms with E-state index in [2.05, 4.69) is 9.84 Å². The van der Waals surface area contributed by atoms with Gasteiger partial charge in [0.25, 0.3) is 5.91 Å². The van der Waals surface area contributed by atoms with Crippen LogP contribution in [0.3, 0.4) is 0 Å². The fourth-order valence-corrected chi connectivity index (χ4v) is 8.35. The number of alkyl halides is 3. The second-order valence-corrected chi connectivity index (χ2v) is 14.9. The molecule has 55 heavy (non-hydrogen) atoms. The zero-order valence-corrected chi connectivity index (χ0v) is 32.7. The average molecular weight is 797 g/mol. The Bertz CT molecular complexity index is 2550. The SMILES string of the molecule is Cc1cc(OCCCc2c3n(c4c(-c5c(C)nn(C)c5C)c(Cl)ccc24)C(C)CN(c2cc(OC(F)(F)F)cc4cc(C(=O)O)n(C)c24)C3=O)cc(C)c1Cl. The fourth-order valence-electron chi connectivity index (χ4n) is 7.99. The summed E-state index contributed by atoms with van der Waals surface area (Å²) in [5.74, 6) is -1.66. The van der Waals surface area contributed by atoms with Crippen LogP contribution < -0.4 is 14.4 Å². The third-order valence-electron chi connectivity index (χ3n) is 10.4. The van der Waals surface area contributed by atoms with E-state index in [4.69, 9.17) is 27.9 Å². The first-order valence-corrected chi connectivity index (χ1v) is 18.3.